The third kappa shape index (κ3) is 2.59. The fraction of sp³-hybridized carbons (Fsp3) is 0.100. The van der Waals surface area contributed by atoms with Gasteiger partial charge in [-0.15, -0.1) is 0 Å². The summed E-state index contributed by atoms with van der Waals surface area (Å²) in [5.74, 6) is 1.12. The number of carbonyl (C=O) groups is 1. The minimum Gasteiger partial charge on any atom is -0.497 e. The summed E-state index contributed by atoms with van der Waals surface area (Å²) in [6.45, 7) is 1.72. The normalized spacial score (nSPS) is 11.0. The minimum absolute atomic E-state index is 0.242. The molecule has 0 amide bonds. The minimum atomic E-state index is -0.257. The van der Waals surface area contributed by atoms with Gasteiger partial charge in [-0.2, -0.15) is 0 Å². The lowest BCUT2D eigenvalue weighted by molar-refractivity contribution is 0.101. The Morgan fingerprint density at radius 2 is 1.88 bits per heavy atom. The van der Waals surface area contributed by atoms with Crippen LogP contribution in [0.1, 0.15) is 21.9 Å². The van der Waals surface area contributed by atoms with Crippen LogP contribution >= 0.6 is 0 Å². The monoisotopic (exact) mass is 333 g/mol. The zero-order valence-electron chi connectivity index (χ0n) is 13.8. The van der Waals surface area contributed by atoms with Gasteiger partial charge in [-0.05, 0) is 25.1 Å². The topological polar surface area (TPSA) is 65.5 Å². The Kier molecular flexibility index (Phi) is 3.61. The second-order valence-corrected chi connectivity index (χ2v) is 5.67. The summed E-state index contributed by atoms with van der Waals surface area (Å²) in [6.07, 6.45) is 0. The quantitative estimate of drug-likeness (QED) is 0.509. The zero-order chi connectivity index (χ0) is 17.4. The van der Waals surface area contributed by atoms with Crippen LogP contribution in [0.4, 0.5) is 0 Å². The van der Waals surface area contributed by atoms with Crippen LogP contribution in [-0.4, -0.2) is 18.0 Å². The van der Waals surface area contributed by atoms with Crippen molar-refractivity contribution in [3.8, 4) is 17.0 Å². The van der Waals surface area contributed by atoms with E-state index in [1.54, 1.807) is 26.2 Å². The van der Waals surface area contributed by atoms with Gasteiger partial charge in [0, 0.05) is 17.0 Å². The number of rotatable bonds is 4. The fourth-order valence-corrected chi connectivity index (χ4v) is 2.81. The summed E-state index contributed by atoms with van der Waals surface area (Å²) in [6, 6.07) is 16.6. The van der Waals surface area contributed by atoms with Crippen molar-refractivity contribution in [3.05, 3.63) is 71.7 Å². The number of fused-ring (bicyclic) bond motifs is 1. The highest BCUT2D eigenvalue weighted by molar-refractivity contribution is 6.12. The van der Waals surface area contributed by atoms with Crippen molar-refractivity contribution in [3.63, 3.8) is 0 Å². The standard InChI is InChI=1S/C20H15NO4/c1-12-18(19(21-25-12)13-6-4-3-5-7-13)20(22)17-10-14-8-9-15(23-2)11-16(14)24-17/h3-11H,1-2H3. The van der Waals surface area contributed by atoms with Crippen molar-refractivity contribution in [1.29, 1.82) is 0 Å². The molecule has 0 fully saturated rings. The number of hydrogen-bond donors (Lipinski definition) is 0. The van der Waals surface area contributed by atoms with Gasteiger partial charge in [0.2, 0.25) is 5.78 Å². The Morgan fingerprint density at radius 1 is 1.08 bits per heavy atom. The number of hydrogen-bond acceptors (Lipinski definition) is 5. The highest BCUT2D eigenvalue weighted by Gasteiger charge is 2.25. The Morgan fingerprint density at radius 3 is 2.64 bits per heavy atom. The zero-order valence-corrected chi connectivity index (χ0v) is 13.8. The maximum Gasteiger partial charge on any atom is 0.234 e. The molecular formula is C20H15NO4. The lowest BCUT2D eigenvalue weighted by Gasteiger charge is -2.00. The van der Waals surface area contributed by atoms with Gasteiger partial charge >= 0.3 is 0 Å². The van der Waals surface area contributed by atoms with Gasteiger partial charge in [-0.3, -0.25) is 4.79 Å². The van der Waals surface area contributed by atoms with E-state index in [2.05, 4.69) is 5.16 Å². The third-order valence-corrected chi connectivity index (χ3v) is 4.09. The number of carbonyl (C=O) groups excluding carboxylic acids is 1. The molecule has 0 saturated heterocycles. The first-order valence-corrected chi connectivity index (χ1v) is 7.81. The molecule has 0 N–H and O–H groups in total. The predicted octanol–water partition coefficient (Wildman–Crippen LogP) is 4.64. The number of ketones is 1. The first-order chi connectivity index (χ1) is 12.2. The molecule has 0 aliphatic rings. The van der Waals surface area contributed by atoms with Crippen molar-refractivity contribution in [2.75, 3.05) is 7.11 Å². The molecule has 0 radical (unpaired) electrons. The highest BCUT2D eigenvalue weighted by atomic mass is 16.5. The average Bonchev–Trinajstić information content (AvgIpc) is 3.24. The lowest BCUT2D eigenvalue weighted by atomic mass is 10.0. The van der Waals surface area contributed by atoms with Crippen LogP contribution in [-0.2, 0) is 0 Å². The molecule has 0 bridgehead atoms. The first kappa shape index (κ1) is 15.2. The molecule has 2 aromatic heterocycles. The average molecular weight is 333 g/mol. The van der Waals surface area contributed by atoms with Gasteiger partial charge in [0.05, 0.1) is 12.7 Å². The lowest BCUT2D eigenvalue weighted by Crippen LogP contribution is -2.02. The summed E-state index contributed by atoms with van der Waals surface area (Å²) in [4.78, 5) is 13.0. The van der Waals surface area contributed by atoms with Crippen molar-refractivity contribution < 1.29 is 18.5 Å². The summed E-state index contributed by atoms with van der Waals surface area (Å²) in [7, 11) is 1.59. The van der Waals surface area contributed by atoms with Crippen LogP contribution in [0, 0.1) is 6.92 Å². The van der Waals surface area contributed by atoms with Crippen LogP contribution in [0.5, 0.6) is 5.75 Å². The number of methoxy groups -OCH3 is 1. The SMILES string of the molecule is COc1ccc2cc(C(=O)c3c(-c4ccccc4)noc3C)oc2c1. The Bertz CT molecular complexity index is 1060. The van der Waals surface area contributed by atoms with Gasteiger partial charge in [-0.25, -0.2) is 0 Å². The Labute approximate surface area is 143 Å². The molecule has 4 rings (SSSR count). The van der Waals surface area contributed by atoms with Crippen LogP contribution in [0.3, 0.4) is 0 Å². The molecule has 5 nitrogen and oxygen atoms in total. The maximum absolute atomic E-state index is 13.0. The largest absolute Gasteiger partial charge is 0.497 e. The highest BCUT2D eigenvalue weighted by Crippen LogP contribution is 2.30. The van der Waals surface area contributed by atoms with Crippen molar-refractivity contribution in [1.82, 2.24) is 5.16 Å². The van der Waals surface area contributed by atoms with Gasteiger partial charge < -0.3 is 13.7 Å². The molecule has 0 atom stereocenters. The number of aromatic nitrogens is 1. The number of furan rings is 1. The van der Waals surface area contributed by atoms with E-state index in [1.165, 1.54) is 0 Å². The number of nitrogens with zero attached hydrogens (tertiary/aromatic N) is 1. The van der Waals surface area contributed by atoms with Crippen LogP contribution in [0.2, 0.25) is 0 Å². The van der Waals surface area contributed by atoms with Crippen molar-refractivity contribution >= 4 is 16.8 Å². The molecule has 2 heterocycles. The molecule has 0 saturated carbocycles. The number of benzene rings is 2. The molecule has 25 heavy (non-hydrogen) atoms. The molecule has 124 valence electrons. The molecular weight excluding hydrogens is 318 g/mol. The van der Waals surface area contributed by atoms with E-state index in [0.717, 1.165) is 10.9 Å². The van der Waals surface area contributed by atoms with Gasteiger partial charge in [-0.1, -0.05) is 35.5 Å². The summed E-state index contributed by atoms with van der Waals surface area (Å²) in [5, 5.41) is 4.89. The molecule has 2 aromatic carbocycles. The smallest absolute Gasteiger partial charge is 0.234 e. The van der Waals surface area contributed by atoms with Gasteiger partial charge in [0.15, 0.2) is 5.76 Å². The van der Waals surface area contributed by atoms with E-state index in [0.29, 0.717) is 28.4 Å². The van der Waals surface area contributed by atoms with Crippen molar-refractivity contribution in [2.45, 2.75) is 6.92 Å². The van der Waals surface area contributed by atoms with Crippen LogP contribution < -0.4 is 4.74 Å². The summed E-state index contributed by atoms with van der Waals surface area (Å²) < 4.78 is 16.2. The van der Waals surface area contributed by atoms with E-state index in [4.69, 9.17) is 13.7 Å². The number of aryl methyl sites for hydroxylation is 1. The number of ether oxygens (including phenoxy) is 1. The third-order valence-electron chi connectivity index (χ3n) is 4.09. The first-order valence-electron chi connectivity index (χ1n) is 7.81. The molecule has 0 spiro atoms. The fourth-order valence-electron chi connectivity index (χ4n) is 2.81. The maximum atomic E-state index is 13.0. The van der Waals surface area contributed by atoms with E-state index < -0.39 is 0 Å². The van der Waals surface area contributed by atoms with E-state index in [-0.39, 0.29) is 11.5 Å². The van der Waals surface area contributed by atoms with E-state index >= 15 is 0 Å². The summed E-state index contributed by atoms with van der Waals surface area (Å²) >= 11 is 0. The predicted molar refractivity (Wildman–Crippen MR) is 92.9 cm³/mol. The molecule has 0 aliphatic heterocycles. The molecule has 0 aliphatic carbocycles. The molecule has 0 unspecified atom stereocenters. The Hall–Kier alpha value is -3.34. The second kappa shape index (κ2) is 5.94. The van der Waals surface area contributed by atoms with E-state index in [9.17, 15) is 4.79 Å². The van der Waals surface area contributed by atoms with Crippen LogP contribution in [0.15, 0.2) is 63.5 Å². The van der Waals surface area contributed by atoms with Crippen molar-refractivity contribution in [2.24, 2.45) is 0 Å². The Balaban J connectivity index is 1.81. The second-order valence-electron chi connectivity index (χ2n) is 5.67. The molecule has 5 heteroatoms. The van der Waals surface area contributed by atoms with Gasteiger partial charge in [0.25, 0.3) is 0 Å². The van der Waals surface area contributed by atoms with E-state index in [1.807, 2.05) is 42.5 Å². The van der Waals surface area contributed by atoms with Crippen LogP contribution in [0.25, 0.3) is 22.2 Å². The van der Waals surface area contributed by atoms with Gasteiger partial charge in [0.1, 0.15) is 22.8 Å². The summed E-state index contributed by atoms with van der Waals surface area (Å²) in [5.41, 5.74) is 2.34. The molecule has 4 aromatic rings.